The van der Waals surface area contributed by atoms with E-state index in [4.69, 9.17) is 0 Å². The van der Waals surface area contributed by atoms with Gasteiger partial charge < -0.3 is 5.32 Å². The highest BCUT2D eigenvalue weighted by atomic mass is 32.2. The Hall–Kier alpha value is -3.19. The standard InChI is InChI=1S/C27H31N5OS/c1-18-10-8-9-13-23(18)16-24-20(3)29-26-30-27(31-32(26)21(24)4)34-17-25(33)28-19(2)14-15-22-11-6-5-7-12-22/h5-13,19H,14-17H2,1-4H3,(H,28,33). The fourth-order valence-corrected chi connectivity index (χ4v) is 4.68. The molecule has 6 nitrogen and oxygen atoms in total. The number of benzene rings is 2. The van der Waals surface area contributed by atoms with E-state index in [1.54, 1.807) is 4.52 Å². The Bertz CT molecular complexity index is 1290. The molecule has 176 valence electrons. The largest absolute Gasteiger partial charge is 0.353 e. The summed E-state index contributed by atoms with van der Waals surface area (Å²) >= 11 is 1.34. The van der Waals surface area contributed by atoms with Crippen molar-refractivity contribution in [2.24, 2.45) is 0 Å². The van der Waals surface area contributed by atoms with E-state index in [1.807, 2.05) is 32.0 Å². The topological polar surface area (TPSA) is 72.2 Å². The molecule has 0 radical (unpaired) electrons. The van der Waals surface area contributed by atoms with Gasteiger partial charge in [-0.25, -0.2) is 9.50 Å². The van der Waals surface area contributed by atoms with Crippen LogP contribution in [0.25, 0.3) is 5.78 Å². The van der Waals surface area contributed by atoms with Gasteiger partial charge in [0.1, 0.15) is 0 Å². The summed E-state index contributed by atoms with van der Waals surface area (Å²) in [7, 11) is 0. The van der Waals surface area contributed by atoms with Gasteiger partial charge in [-0.15, -0.1) is 5.10 Å². The van der Waals surface area contributed by atoms with E-state index in [9.17, 15) is 4.79 Å². The van der Waals surface area contributed by atoms with Crippen LogP contribution in [0.2, 0.25) is 0 Å². The van der Waals surface area contributed by atoms with Crippen molar-refractivity contribution in [3.05, 3.63) is 88.2 Å². The lowest BCUT2D eigenvalue weighted by Crippen LogP contribution is -2.34. The Labute approximate surface area is 205 Å². The van der Waals surface area contributed by atoms with Gasteiger partial charge in [-0.3, -0.25) is 4.79 Å². The lowest BCUT2D eigenvalue weighted by Gasteiger charge is -2.13. The van der Waals surface area contributed by atoms with Crippen molar-refractivity contribution in [2.75, 3.05) is 5.75 Å². The predicted octanol–water partition coefficient (Wildman–Crippen LogP) is 4.87. The number of aromatic nitrogens is 4. The fourth-order valence-electron chi connectivity index (χ4n) is 4.05. The first-order chi connectivity index (χ1) is 16.4. The molecule has 0 aliphatic rings. The summed E-state index contributed by atoms with van der Waals surface area (Å²) in [5, 5.41) is 8.27. The molecule has 0 aliphatic heterocycles. The van der Waals surface area contributed by atoms with Crippen LogP contribution >= 0.6 is 11.8 Å². The molecule has 0 spiro atoms. The van der Waals surface area contributed by atoms with Crippen LogP contribution in [0.4, 0.5) is 0 Å². The minimum atomic E-state index is -0.00878. The molecule has 2 heterocycles. The van der Waals surface area contributed by atoms with Crippen LogP contribution in [0, 0.1) is 20.8 Å². The lowest BCUT2D eigenvalue weighted by atomic mass is 9.99. The van der Waals surface area contributed by atoms with Gasteiger partial charge in [0.25, 0.3) is 5.78 Å². The highest BCUT2D eigenvalue weighted by Gasteiger charge is 2.16. The molecule has 34 heavy (non-hydrogen) atoms. The number of fused-ring (bicyclic) bond motifs is 1. The zero-order valence-electron chi connectivity index (χ0n) is 20.2. The van der Waals surface area contributed by atoms with E-state index < -0.39 is 0 Å². The lowest BCUT2D eigenvalue weighted by molar-refractivity contribution is -0.119. The van der Waals surface area contributed by atoms with E-state index in [1.165, 1.54) is 28.5 Å². The number of carbonyl (C=O) groups excluding carboxylic acids is 1. The summed E-state index contributed by atoms with van der Waals surface area (Å²) in [4.78, 5) is 21.7. The Morgan fingerprint density at radius 3 is 2.53 bits per heavy atom. The maximum Gasteiger partial charge on any atom is 0.253 e. The molecule has 2 aromatic carbocycles. The fraction of sp³-hybridized carbons (Fsp3) is 0.333. The summed E-state index contributed by atoms with van der Waals surface area (Å²) in [6, 6.07) is 18.8. The summed E-state index contributed by atoms with van der Waals surface area (Å²) < 4.78 is 1.79. The first-order valence-electron chi connectivity index (χ1n) is 11.6. The zero-order chi connectivity index (χ0) is 24.1. The van der Waals surface area contributed by atoms with Crippen LogP contribution < -0.4 is 5.32 Å². The van der Waals surface area contributed by atoms with Crippen molar-refractivity contribution in [2.45, 2.75) is 58.2 Å². The zero-order valence-corrected chi connectivity index (χ0v) is 21.0. The van der Waals surface area contributed by atoms with E-state index in [2.05, 4.69) is 70.6 Å². The molecule has 4 rings (SSSR count). The van der Waals surface area contributed by atoms with Crippen molar-refractivity contribution in [1.82, 2.24) is 24.9 Å². The van der Waals surface area contributed by atoms with Crippen LogP contribution in [0.1, 0.15) is 47.0 Å². The summed E-state index contributed by atoms with van der Waals surface area (Å²) in [6.45, 7) is 8.25. The molecule has 0 saturated heterocycles. The number of aryl methyl sites for hydroxylation is 4. The van der Waals surface area contributed by atoms with Gasteiger partial charge in [0.05, 0.1) is 5.75 Å². The van der Waals surface area contributed by atoms with Crippen molar-refractivity contribution >= 4 is 23.4 Å². The Balaban J connectivity index is 1.37. The van der Waals surface area contributed by atoms with Crippen LogP contribution in [-0.2, 0) is 17.6 Å². The number of nitrogens with zero attached hydrogens (tertiary/aromatic N) is 4. The van der Waals surface area contributed by atoms with Crippen LogP contribution in [0.5, 0.6) is 0 Å². The average Bonchev–Trinajstić information content (AvgIpc) is 3.24. The quantitative estimate of drug-likeness (QED) is 0.351. The maximum atomic E-state index is 12.5. The number of carbonyl (C=O) groups is 1. The molecule has 0 bridgehead atoms. The third-order valence-electron chi connectivity index (χ3n) is 6.11. The van der Waals surface area contributed by atoms with Gasteiger partial charge in [-0.05, 0) is 62.8 Å². The second-order valence-electron chi connectivity index (χ2n) is 8.75. The average molecular weight is 474 g/mol. The Kier molecular flexibility index (Phi) is 7.63. The number of hydrogen-bond donors (Lipinski definition) is 1. The highest BCUT2D eigenvalue weighted by Crippen LogP contribution is 2.22. The molecule has 2 aromatic heterocycles. The monoisotopic (exact) mass is 473 g/mol. The van der Waals surface area contributed by atoms with Gasteiger partial charge in [-0.1, -0.05) is 66.4 Å². The number of hydrogen-bond acceptors (Lipinski definition) is 5. The number of rotatable bonds is 9. The highest BCUT2D eigenvalue weighted by molar-refractivity contribution is 7.99. The van der Waals surface area contributed by atoms with Gasteiger partial charge >= 0.3 is 0 Å². The molecule has 0 aliphatic carbocycles. The predicted molar refractivity (Wildman–Crippen MR) is 137 cm³/mol. The van der Waals surface area contributed by atoms with Crippen LogP contribution in [-0.4, -0.2) is 37.3 Å². The smallest absolute Gasteiger partial charge is 0.253 e. The third-order valence-corrected chi connectivity index (χ3v) is 6.94. The van der Waals surface area contributed by atoms with Crippen molar-refractivity contribution in [1.29, 1.82) is 0 Å². The van der Waals surface area contributed by atoms with E-state index in [0.717, 1.165) is 36.2 Å². The van der Waals surface area contributed by atoms with Crippen molar-refractivity contribution in [3.63, 3.8) is 0 Å². The molecule has 1 unspecified atom stereocenters. The first-order valence-corrected chi connectivity index (χ1v) is 12.6. The van der Waals surface area contributed by atoms with Gasteiger partial charge in [-0.2, -0.15) is 4.98 Å². The molecule has 0 saturated carbocycles. The van der Waals surface area contributed by atoms with Crippen LogP contribution in [0.15, 0.2) is 59.8 Å². The number of thioether (sulfide) groups is 1. The van der Waals surface area contributed by atoms with Crippen molar-refractivity contribution < 1.29 is 4.79 Å². The van der Waals surface area contributed by atoms with Crippen molar-refractivity contribution in [3.8, 4) is 0 Å². The summed E-state index contributed by atoms with van der Waals surface area (Å²) in [5.41, 5.74) is 6.98. The molecule has 0 fully saturated rings. The molecule has 1 atom stereocenters. The van der Waals surface area contributed by atoms with E-state index >= 15 is 0 Å². The van der Waals surface area contributed by atoms with Gasteiger partial charge in [0.15, 0.2) is 0 Å². The van der Waals surface area contributed by atoms with Crippen LogP contribution in [0.3, 0.4) is 0 Å². The van der Waals surface area contributed by atoms with E-state index in [0.29, 0.717) is 10.9 Å². The number of nitrogens with one attached hydrogen (secondary N) is 1. The summed E-state index contributed by atoms with van der Waals surface area (Å²) in [6.07, 6.45) is 2.65. The summed E-state index contributed by atoms with van der Waals surface area (Å²) in [5.74, 6) is 0.842. The SMILES string of the molecule is Cc1ccccc1Cc1c(C)nc2nc(SCC(=O)NC(C)CCc3ccccc3)nn2c1C. The first kappa shape index (κ1) is 24.0. The van der Waals surface area contributed by atoms with Gasteiger partial charge in [0.2, 0.25) is 11.1 Å². The number of amides is 1. The normalized spacial score (nSPS) is 12.1. The second-order valence-corrected chi connectivity index (χ2v) is 9.69. The Morgan fingerprint density at radius 2 is 1.76 bits per heavy atom. The third kappa shape index (κ3) is 5.83. The maximum absolute atomic E-state index is 12.5. The molecular weight excluding hydrogens is 442 g/mol. The second kappa shape index (κ2) is 10.8. The Morgan fingerprint density at radius 1 is 1.03 bits per heavy atom. The molecule has 1 N–H and O–H groups in total. The minimum Gasteiger partial charge on any atom is -0.353 e. The molecule has 7 heteroatoms. The van der Waals surface area contributed by atoms with E-state index in [-0.39, 0.29) is 17.7 Å². The van der Waals surface area contributed by atoms with Gasteiger partial charge in [0, 0.05) is 23.9 Å². The molecule has 4 aromatic rings. The minimum absolute atomic E-state index is 0.00878. The molecule has 1 amide bonds. The molecular formula is C27H31N5OS.